The Bertz CT molecular complexity index is 1020. The van der Waals surface area contributed by atoms with Gasteiger partial charge in [-0.1, -0.05) is 11.6 Å². The summed E-state index contributed by atoms with van der Waals surface area (Å²) in [5.74, 6) is 0.281. The SMILES string of the molecule is Cc1cc(OCC(=O)NCCn2nc(-c3cccnc3)ccc2=O)ccc1Cl. The molecule has 0 saturated carbocycles. The lowest BCUT2D eigenvalue weighted by atomic mass is 10.2. The fourth-order valence-electron chi connectivity index (χ4n) is 2.49. The highest BCUT2D eigenvalue weighted by molar-refractivity contribution is 6.31. The van der Waals surface area contributed by atoms with Gasteiger partial charge in [0.2, 0.25) is 0 Å². The lowest BCUT2D eigenvalue weighted by molar-refractivity contribution is -0.123. The van der Waals surface area contributed by atoms with Crippen molar-refractivity contribution in [2.45, 2.75) is 13.5 Å². The van der Waals surface area contributed by atoms with E-state index in [0.717, 1.165) is 11.1 Å². The molecule has 0 fully saturated rings. The minimum atomic E-state index is -0.288. The highest BCUT2D eigenvalue weighted by Crippen LogP contribution is 2.20. The fraction of sp³-hybridized carbons (Fsp3) is 0.200. The summed E-state index contributed by atoms with van der Waals surface area (Å²) in [4.78, 5) is 28.0. The van der Waals surface area contributed by atoms with Gasteiger partial charge in [0, 0.05) is 35.6 Å². The highest BCUT2D eigenvalue weighted by Gasteiger charge is 2.06. The topological polar surface area (TPSA) is 86.1 Å². The number of ether oxygens (including phenoxy) is 1. The average Bonchev–Trinajstić information content (AvgIpc) is 2.71. The van der Waals surface area contributed by atoms with E-state index in [1.807, 2.05) is 13.0 Å². The minimum absolute atomic E-state index is 0.126. The predicted molar refractivity (Wildman–Crippen MR) is 106 cm³/mol. The van der Waals surface area contributed by atoms with Gasteiger partial charge in [-0.3, -0.25) is 14.6 Å². The average molecular weight is 399 g/mol. The number of amides is 1. The van der Waals surface area contributed by atoms with E-state index in [1.165, 1.54) is 10.7 Å². The maximum Gasteiger partial charge on any atom is 0.266 e. The molecule has 28 heavy (non-hydrogen) atoms. The van der Waals surface area contributed by atoms with Crippen LogP contribution in [0.1, 0.15) is 5.56 Å². The summed E-state index contributed by atoms with van der Waals surface area (Å²) in [6.45, 7) is 2.24. The number of aryl methyl sites for hydroxylation is 1. The molecule has 7 nitrogen and oxygen atoms in total. The van der Waals surface area contributed by atoms with Crippen LogP contribution in [0.3, 0.4) is 0 Å². The Morgan fingerprint density at radius 3 is 2.86 bits per heavy atom. The van der Waals surface area contributed by atoms with Crippen LogP contribution in [0.15, 0.2) is 59.7 Å². The molecule has 0 atom stereocenters. The largest absolute Gasteiger partial charge is 0.484 e. The van der Waals surface area contributed by atoms with Gasteiger partial charge >= 0.3 is 0 Å². The molecule has 0 bridgehead atoms. The maximum absolute atomic E-state index is 12.0. The van der Waals surface area contributed by atoms with Gasteiger partial charge in [-0.2, -0.15) is 5.10 Å². The van der Waals surface area contributed by atoms with Crippen molar-refractivity contribution in [3.05, 3.63) is 75.8 Å². The second kappa shape index (κ2) is 9.14. The summed E-state index contributed by atoms with van der Waals surface area (Å²) < 4.78 is 6.76. The van der Waals surface area contributed by atoms with Gasteiger partial charge in [0.05, 0.1) is 12.2 Å². The maximum atomic E-state index is 12.0. The number of halogens is 1. The molecule has 1 amide bonds. The number of hydrogen-bond acceptors (Lipinski definition) is 5. The molecule has 0 unspecified atom stereocenters. The van der Waals surface area contributed by atoms with Gasteiger partial charge in [0.15, 0.2) is 6.61 Å². The second-order valence-corrected chi connectivity index (χ2v) is 6.48. The Labute approximate surface area is 166 Å². The predicted octanol–water partition coefficient (Wildman–Crippen LogP) is 2.46. The van der Waals surface area contributed by atoms with Crippen molar-refractivity contribution in [3.8, 4) is 17.0 Å². The number of carbonyl (C=O) groups is 1. The van der Waals surface area contributed by atoms with Crippen molar-refractivity contribution in [3.63, 3.8) is 0 Å². The number of nitrogens with zero attached hydrogens (tertiary/aromatic N) is 3. The first-order valence-corrected chi connectivity index (χ1v) is 9.05. The summed E-state index contributed by atoms with van der Waals surface area (Å²) in [6, 6.07) is 12.0. The summed E-state index contributed by atoms with van der Waals surface area (Å²) in [6.07, 6.45) is 3.34. The number of aromatic nitrogens is 3. The summed E-state index contributed by atoms with van der Waals surface area (Å²) in [7, 11) is 0. The van der Waals surface area contributed by atoms with Gasteiger partial charge in [0.1, 0.15) is 5.75 Å². The van der Waals surface area contributed by atoms with Crippen molar-refractivity contribution < 1.29 is 9.53 Å². The first kappa shape index (κ1) is 19.6. The van der Waals surface area contributed by atoms with E-state index in [1.54, 1.807) is 42.7 Å². The second-order valence-electron chi connectivity index (χ2n) is 6.07. The molecule has 3 rings (SSSR count). The lowest BCUT2D eigenvalue weighted by Gasteiger charge is -2.10. The van der Waals surface area contributed by atoms with Crippen LogP contribution >= 0.6 is 11.6 Å². The number of carbonyl (C=O) groups excluding carboxylic acids is 1. The molecular formula is C20H19ClN4O3. The number of nitrogens with one attached hydrogen (secondary N) is 1. The van der Waals surface area contributed by atoms with Crippen LogP contribution in [-0.4, -0.2) is 33.8 Å². The van der Waals surface area contributed by atoms with E-state index in [2.05, 4.69) is 15.4 Å². The standard InChI is InChI=1S/C20H19ClN4O3/c1-14-11-16(4-5-17(14)21)28-13-19(26)23-9-10-25-20(27)7-6-18(24-25)15-3-2-8-22-12-15/h2-8,11-12H,9-10,13H2,1H3,(H,23,26). The van der Waals surface area contributed by atoms with Crippen LogP contribution in [0, 0.1) is 6.92 Å². The molecule has 0 aliphatic rings. The number of rotatable bonds is 7. The molecule has 0 saturated heterocycles. The van der Waals surface area contributed by atoms with E-state index >= 15 is 0 Å². The third-order valence-corrected chi connectivity index (χ3v) is 4.39. The molecule has 0 aliphatic carbocycles. The molecule has 0 spiro atoms. The van der Waals surface area contributed by atoms with Crippen LogP contribution in [0.4, 0.5) is 0 Å². The monoisotopic (exact) mass is 398 g/mol. The summed E-state index contributed by atoms with van der Waals surface area (Å²) >= 11 is 5.96. The van der Waals surface area contributed by atoms with Gasteiger partial charge in [-0.15, -0.1) is 0 Å². The zero-order valence-electron chi connectivity index (χ0n) is 15.3. The fourth-order valence-corrected chi connectivity index (χ4v) is 2.60. The normalized spacial score (nSPS) is 10.5. The first-order valence-electron chi connectivity index (χ1n) is 8.67. The zero-order chi connectivity index (χ0) is 19.9. The van der Waals surface area contributed by atoms with Gasteiger partial charge < -0.3 is 10.1 Å². The van der Waals surface area contributed by atoms with Crippen LogP contribution in [0.2, 0.25) is 5.02 Å². The van der Waals surface area contributed by atoms with Crippen molar-refractivity contribution in [1.29, 1.82) is 0 Å². The summed E-state index contributed by atoms with van der Waals surface area (Å²) in [5.41, 5.74) is 2.08. The molecule has 3 aromatic rings. The van der Waals surface area contributed by atoms with Gasteiger partial charge in [-0.05, 0) is 48.9 Å². The third-order valence-electron chi connectivity index (χ3n) is 3.97. The molecule has 0 radical (unpaired) electrons. The molecule has 144 valence electrons. The molecule has 1 N–H and O–H groups in total. The molecular weight excluding hydrogens is 380 g/mol. The van der Waals surface area contributed by atoms with Crippen LogP contribution in [0.25, 0.3) is 11.3 Å². The molecule has 2 aromatic heterocycles. The molecule has 2 heterocycles. The third kappa shape index (κ3) is 5.17. The van der Waals surface area contributed by atoms with Crippen molar-refractivity contribution >= 4 is 17.5 Å². The van der Waals surface area contributed by atoms with E-state index in [4.69, 9.17) is 16.3 Å². The number of pyridine rings is 1. The van der Waals surface area contributed by atoms with Crippen LogP contribution in [0.5, 0.6) is 5.75 Å². The Morgan fingerprint density at radius 1 is 1.25 bits per heavy atom. The molecule has 0 aliphatic heterocycles. The van der Waals surface area contributed by atoms with Crippen LogP contribution < -0.4 is 15.6 Å². The molecule has 1 aromatic carbocycles. The Balaban J connectivity index is 1.52. The van der Waals surface area contributed by atoms with Crippen molar-refractivity contribution in [2.24, 2.45) is 0 Å². The van der Waals surface area contributed by atoms with Gasteiger partial charge in [-0.25, -0.2) is 4.68 Å². The lowest BCUT2D eigenvalue weighted by Crippen LogP contribution is -2.34. The first-order chi connectivity index (χ1) is 13.5. The van der Waals surface area contributed by atoms with Gasteiger partial charge in [0.25, 0.3) is 11.5 Å². The highest BCUT2D eigenvalue weighted by atomic mass is 35.5. The van der Waals surface area contributed by atoms with Crippen molar-refractivity contribution in [2.75, 3.05) is 13.2 Å². The van der Waals surface area contributed by atoms with E-state index < -0.39 is 0 Å². The smallest absolute Gasteiger partial charge is 0.266 e. The van der Waals surface area contributed by atoms with Crippen LogP contribution in [-0.2, 0) is 11.3 Å². The quantitative estimate of drug-likeness (QED) is 0.660. The van der Waals surface area contributed by atoms with E-state index in [-0.39, 0.29) is 31.2 Å². The zero-order valence-corrected chi connectivity index (χ0v) is 16.0. The number of benzene rings is 1. The number of hydrogen-bond donors (Lipinski definition) is 1. The minimum Gasteiger partial charge on any atom is -0.484 e. The Kier molecular flexibility index (Phi) is 6.39. The van der Waals surface area contributed by atoms with E-state index in [0.29, 0.717) is 16.5 Å². The van der Waals surface area contributed by atoms with Crippen molar-refractivity contribution in [1.82, 2.24) is 20.1 Å². The summed E-state index contributed by atoms with van der Waals surface area (Å²) in [5, 5.41) is 7.67. The van der Waals surface area contributed by atoms with E-state index in [9.17, 15) is 9.59 Å². The molecule has 8 heteroatoms. The Hall–Kier alpha value is -3.19. The Morgan fingerprint density at radius 2 is 2.11 bits per heavy atom.